The number of piperazine rings is 1. The summed E-state index contributed by atoms with van der Waals surface area (Å²) in [5, 5.41) is 0. The van der Waals surface area contributed by atoms with Crippen LogP contribution in [0, 0.1) is 0 Å². The second-order valence-electron chi connectivity index (χ2n) is 7.15. The highest BCUT2D eigenvalue weighted by molar-refractivity contribution is 7.89. The molecule has 0 N–H and O–H groups in total. The third kappa shape index (κ3) is 5.59. The number of Topliss-reactive ketones (excluding diaryl/α,β-unsaturated/α-hetero) is 1. The van der Waals surface area contributed by atoms with Crippen LogP contribution in [0.25, 0.3) is 6.08 Å². The highest BCUT2D eigenvalue weighted by atomic mass is 32.2. The van der Waals surface area contributed by atoms with E-state index in [2.05, 4.69) is 0 Å². The quantitative estimate of drug-likeness (QED) is 0.486. The second kappa shape index (κ2) is 9.89. The van der Waals surface area contributed by atoms with Gasteiger partial charge < -0.3 is 9.64 Å². The normalized spacial score (nSPS) is 15.2. The minimum atomic E-state index is -3.66. The molecule has 0 aliphatic carbocycles. The van der Waals surface area contributed by atoms with Crippen molar-refractivity contribution in [3.05, 3.63) is 65.7 Å². The Morgan fingerprint density at radius 3 is 2.13 bits per heavy atom. The van der Waals surface area contributed by atoms with Gasteiger partial charge in [-0.05, 0) is 49.8 Å². The third-order valence-electron chi connectivity index (χ3n) is 5.06. The van der Waals surface area contributed by atoms with Gasteiger partial charge >= 0.3 is 0 Å². The molecular weight excluding hydrogens is 416 g/mol. The zero-order chi connectivity index (χ0) is 22.4. The average Bonchev–Trinajstić information content (AvgIpc) is 2.78. The van der Waals surface area contributed by atoms with Crippen molar-refractivity contribution in [2.24, 2.45) is 0 Å². The van der Waals surface area contributed by atoms with Gasteiger partial charge in [-0.25, -0.2) is 8.42 Å². The standard InChI is InChI=1S/C23H26N2O5S/c1-3-30-21-9-4-19(5-10-21)6-13-23(27)24-14-16-25(17-15-24)31(28,29)22-11-7-20(8-12-22)18(2)26/h4-13H,3,14-17H2,1-2H3. The van der Waals surface area contributed by atoms with Crippen LogP contribution in [0.5, 0.6) is 5.75 Å². The molecule has 0 radical (unpaired) electrons. The number of carbonyl (C=O) groups is 2. The molecule has 1 heterocycles. The molecule has 0 bridgehead atoms. The maximum atomic E-state index is 12.8. The van der Waals surface area contributed by atoms with E-state index in [1.807, 2.05) is 31.2 Å². The van der Waals surface area contributed by atoms with Gasteiger partial charge in [0.15, 0.2) is 5.78 Å². The van der Waals surface area contributed by atoms with Gasteiger partial charge in [0.1, 0.15) is 5.75 Å². The maximum absolute atomic E-state index is 12.8. The Morgan fingerprint density at radius 1 is 0.968 bits per heavy atom. The largest absolute Gasteiger partial charge is 0.494 e. The molecule has 0 unspecified atom stereocenters. The van der Waals surface area contributed by atoms with Crippen LogP contribution in [0.2, 0.25) is 0 Å². The Bertz CT molecular complexity index is 1050. The number of hydrogen-bond acceptors (Lipinski definition) is 5. The fraction of sp³-hybridized carbons (Fsp3) is 0.304. The maximum Gasteiger partial charge on any atom is 0.246 e. The van der Waals surface area contributed by atoms with E-state index in [1.165, 1.54) is 41.6 Å². The Balaban J connectivity index is 1.57. The summed E-state index contributed by atoms with van der Waals surface area (Å²) in [7, 11) is -3.66. The summed E-state index contributed by atoms with van der Waals surface area (Å²) in [4.78, 5) is 25.6. The topological polar surface area (TPSA) is 84.0 Å². The first-order valence-electron chi connectivity index (χ1n) is 10.1. The van der Waals surface area contributed by atoms with E-state index in [9.17, 15) is 18.0 Å². The molecule has 164 valence electrons. The molecule has 2 aromatic rings. The van der Waals surface area contributed by atoms with Gasteiger partial charge in [-0.1, -0.05) is 24.3 Å². The summed E-state index contributed by atoms with van der Waals surface area (Å²) in [6.07, 6.45) is 3.23. The summed E-state index contributed by atoms with van der Waals surface area (Å²) >= 11 is 0. The van der Waals surface area contributed by atoms with Crippen molar-refractivity contribution in [1.82, 2.24) is 9.21 Å². The first-order chi connectivity index (χ1) is 14.8. The summed E-state index contributed by atoms with van der Waals surface area (Å²) in [6, 6.07) is 13.4. The number of ketones is 1. The number of hydrogen-bond donors (Lipinski definition) is 0. The van der Waals surface area contributed by atoms with Gasteiger partial charge in [0.05, 0.1) is 11.5 Å². The zero-order valence-electron chi connectivity index (χ0n) is 17.7. The summed E-state index contributed by atoms with van der Waals surface area (Å²) in [5.41, 5.74) is 1.35. The van der Waals surface area contributed by atoms with Crippen molar-refractivity contribution in [1.29, 1.82) is 0 Å². The summed E-state index contributed by atoms with van der Waals surface area (Å²) in [6.45, 7) is 5.03. The molecule has 1 aliphatic rings. The van der Waals surface area contributed by atoms with Gasteiger partial charge in [0, 0.05) is 37.8 Å². The van der Waals surface area contributed by atoms with E-state index in [0.717, 1.165) is 11.3 Å². The van der Waals surface area contributed by atoms with E-state index in [1.54, 1.807) is 11.0 Å². The van der Waals surface area contributed by atoms with Crippen molar-refractivity contribution in [3.8, 4) is 5.75 Å². The molecule has 0 aromatic heterocycles. The van der Waals surface area contributed by atoms with Gasteiger partial charge in [0.25, 0.3) is 0 Å². The number of amides is 1. The molecular formula is C23H26N2O5S. The Hall–Kier alpha value is -2.97. The van der Waals surface area contributed by atoms with Crippen molar-refractivity contribution in [2.75, 3.05) is 32.8 Å². The lowest BCUT2D eigenvalue weighted by Crippen LogP contribution is -2.50. The minimum Gasteiger partial charge on any atom is -0.494 e. The summed E-state index contributed by atoms with van der Waals surface area (Å²) < 4.78 is 32.5. The number of carbonyl (C=O) groups excluding carboxylic acids is 2. The zero-order valence-corrected chi connectivity index (χ0v) is 18.5. The van der Waals surface area contributed by atoms with Crippen LogP contribution in [0.1, 0.15) is 29.8 Å². The molecule has 0 atom stereocenters. The van der Waals surface area contributed by atoms with Crippen molar-refractivity contribution in [3.63, 3.8) is 0 Å². The Kier molecular flexibility index (Phi) is 7.25. The fourth-order valence-electron chi connectivity index (χ4n) is 3.27. The van der Waals surface area contributed by atoms with E-state index in [4.69, 9.17) is 4.74 Å². The van der Waals surface area contributed by atoms with E-state index < -0.39 is 10.0 Å². The smallest absolute Gasteiger partial charge is 0.246 e. The van der Waals surface area contributed by atoms with Gasteiger partial charge in [-0.3, -0.25) is 9.59 Å². The average molecular weight is 443 g/mol. The van der Waals surface area contributed by atoms with Crippen molar-refractivity contribution >= 4 is 27.8 Å². The second-order valence-corrected chi connectivity index (χ2v) is 9.08. The van der Waals surface area contributed by atoms with Crippen LogP contribution < -0.4 is 4.74 Å². The molecule has 0 saturated carbocycles. The third-order valence-corrected chi connectivity index (χ3v) is 6.97. The highest BCUT2D eigenvalue weighted by Gasteiger charge is 2.29. The van der Waals surface area contributed by atoms with Crippen LogP contribution in [0.4, 0.5) is 0 Å². The monoisotopic (exact) mass is 442 g/mol. The van der Waals surface area contributed by atoms with Crippen LogP contribution in [0.15, 0.2) is 59.5 Å². The number of benzene rings is 2. The lowest BCUT2D eigenvalue weighted by molar-refractivity contribution is -0.127. The van der Waals surface area contributed by atoms with Crippen LogP contribution in [-0.4, -0.2) is 62.1 Å². The fourth-order valence-corrected chi connectivity index (χ4v) is 4.70. The number of ether oxygens (including phenoxy) is 1. The molecule has 8 heteroatoms. The van der Waals surface area contributed by atoms with E-state index in [0.29, 0.717) is 25.3 Å². The molecule has 0 spiro atoms. The first-order valence-corrected chi connectivity index (χ1v) is 11.6. The molecule has 2 aromatic carbocycles. The molecule has 7 nitrogen and oxygen atoms in total. The molecule has 1 fully saturated rings. The number of nitrogens with zero attached hydrogens (tertiary/aromatic N) is 2. The molecule has 1 amide bonds. The first kappa shape index (κ1) is 22.7. The molecule has 31 heavy (non-hydrogen) atoms. The Labute approximate surface area is 183 Å². The van der Waals surface area contributed by atoms with Crippen LogP contribution in [-0.2, 0) is 14.8 Å². The Morgan fingerprint density at radius 2 is 1.58 bits per heavy atom. The number of rotatable bonds is 7. The molecule has 1 saturated heterocycles. The highest BCUT2D eigenvalue weighted by Crippen LogP contribution is 2.19. The van der Waals surface area contributed by atoms with E-state index in [-0.39, 0.29) is 29.7 Å². The molecule has 3 rings (SSSR count). The van der Waals surface area contributed by atoms with E-state index >= 15 is 0 Å². The van der Waals surface area contributed by atoms with Crippen LogP contribution in [0.3, 0.4) is 0 Å². The van der Waals surface area contributed by atoms with Crippen molar-refractivity contribution in [2.45, 2.75) is 18.7 Å². The van der Waals surface area contributed by atoms with Gasteiger partial charge in [-0.15, -0.1) is 0 Å². The predicted molar refractivity (Wildman–Crippen MR) is 118 cm³/mol. The molecule has 1 aliphatic heterocycles. The number of sulfonamides is 1. The van der Waals surface area contributed by atoms with Gasteiger partial charge in [-0.2, -0.15) is 4.31 Å². The lowest BCUT2D eigenvalue weighted by Gasteiger charge is -2.33. The van der Waals surface area contributed by atoms with Crippen LogP contribution >= 0.6 is 0 Å². The van der Waals surface area contributed by atoms with Gasteiger partial charge in [0.2, 0.25) is 15.9 Å². The summed E-state index contributed by atoms with van der Waals surface area (Å²) in [5.74, 6) is 0.505. The van der Waals surface area contributed by atoms with Crippen molar-refractivity contribution < 1.29 is 22.7 Å². The lowest BCUT2D eigenvalue weighted by atomic mass is 10.2. The predicted octanol–water partition coefficient (Wildman–Crippen LogP) is 2.83. The minimum absolute atomic E-state index is 0.116. The SMILES string of the molecule is CCOc1ccc(C=CC(=O)N2CCN(S(=O)(=O)c3ccc(C(C)=O)cc3)CC2)cc1.